The summed E-state index contributed by atoms with van der Waals surface area (Å²) in [6, 6.07) is 1.73. The van der Waals surface area contributed by atoms with Gasteiger partial charge in [0.15, 0.2) is 6.61 Å². The molecule has 0 N–H and O–H groups in total. The number of amides is 1. The summed E-state index contributed by atoms with van der Waals surface area (Å²) in [6.45, 7) is 3.34. The summed E-state index contributed by atoms with van der Waals surface area (Å²) >= 11 is 1.23. The van der Waals surface area contributed by atoms with Crippen molar-refractivity contribution in [1.82, 2.24) is 25.1 Å². The first kappa shape index (κ1) is 15.6. The molecule has 3 rings (SSSR count). The second kappa shape index (κ2) is 6.86. The fourth-order valence-corrected chi connectivity index (χ4v) is 3.38. The molecular weight excluding hydrogens is 318 g/mol. The number of piperidine rings is 1. The first-order chi connectivity index (χ1) is 11.1. The van der Waals surface area contributed by atoms with Gasteiger partial charge in [0, 0.05) is 13.1 Å². The molecule has 3 heterocycles. The van der Waals surface area contributed by atoms with Gasteiger partial charge in [0.2, 0.25) is 0 Å². The Balaban J connectivity index is 1.60. The molecule has 1 aliphatic heterocycles. The molecule has 0 bridgehead atoms. The molecule has 9 heteroatoms. The van der Waals surface area contributed by atoms with Crippen molar-refractivity contribution in [2.75, 3.05) is 19.7 Å². The third kappa shape index (κ3) is 3.55. The molecule has 2 aromatic rings. The van der Waals surface area contributed by atoms with Crippen molar-refractivity contribution >= 4 is 23.2 Å². The SMILES string of the molecule is CC1CCCN(C(=O)COC(=O)c2sccc2-n2cnnn2)C1. The number of rotatable bonds is 4. The number of aromatic nitrogens is 4. The predicted molar refractivity (Wildman–Crippen MR) is 82.3 cm³/mol. The maximum Gasteiger partial charge on any atom is 0.351 e. The summed E-state index contributed by atoms with van der Waals surface area (Å²) < 4.78 is 6.56. The third-order valence-corrected chi connectivity index (χ3v) is 4.65. The fraction of sp³-hybridized carbons (Fsp3) is 0.500. The van der Waals surface area contributed by atoms with Gasteiger partial charge in [-0.15, -0.1) is 16.4 Å². The van der Waals surface area contributed by atoms with E-state index in [0.29, 0.717) is 16.5 Å². The van der Waals surface area contributed by atoms with Crippen molar-refractivity contribution in [3.05, 3.63) is 22.7 Å². The van der Waals surface area contributed by atoms with E-state index in [1.807, 2.05) is 0 Å². The number of hydrogen-bond acceptors (Lipinski definition) is 7. The molecule has 1 atom stereocenters. The van der Waals surface area contributed by atoms with Crippen LogP contribution >= 0.6 is 11.3 Å². The number of nitrogens with zero attached hydrogens (tertiary/aromatic N) is 5. The maximum atomic E-state index is 12.2. The van der Waals surface area contributed by atoms with E-state index < -0.39 is 5.97 Å². The molecule has 122 valence electrons. The molecule has 2 aromatic heterocycles. The number of likely N-dealkylation sites (tertiary alicyclic amines) is 1. The van der Waals surface area contributed by atoms with Crippen molar-refractivity contribution in [2.24, 2.45) is 5.92 Å². The normalized spacial score (nSPS) is 18.0. The standard InChI is InChI=1S/C14H17N5O3S/c1-10-3-2-5-18(7-10)12(20)8-22-14(21)13-11(4-6-23-13)19-9-15-16-17-19/h4,6,9-10H,2-3,5,7-8H2,1H3. The van der Waals surface area contributed by atoms with Crippen LogP contribution in [0.25, 0.3) is 5.69 Å². The van der Waals surface area contributed by atoms with Gasteiger partial charge in [-0.25, -0.2) is 4.79 Å². The Bertz CT molecular complexity index is 684. The lowest BCUT2D eigenvalue weighted by atomic mass is 10.0. The number of thiophene rings is 1. The Morgan fingerprint density at radius 2 is 2.35 bits per heavy atom. The van der Waals surface area contributed by atoms with Crippen LogP contribution in [0.2, 0.25) is 0 Å². The zero-order chi connectivity index (χ0) is 16.2. The van der Waals surface area contributed by atoms with Gasteiger partial charge in [-0.05, 0) is 40.6 Å². The van der Waals surface area contributed by atoms with Crippen molar-refractivity contribution in [2.45, 2.75) is 19.8 Å². The van der Waals surface area contributed by atoms with Gasteiger partial charge in [0.25, 0.3) is 5.91 Å². The minimum absolute atomic E-state index is 0.148. The summed E-state index contributed by atoms with van der Waals surface area (Å²) in [6.07, 6.45) is 3.53. The lowest BCUT2D eigenvalue weighted by Gasteiger charge is -2.30. The minimum Gasteiger partial charge on any atom is -0.451 e. The van der Waals surface area contributed by atoms with E-state index in [-0.39, 0.29) is 12.5 Å². The number of carbonyl (C=O) groups is 2. The molecule has 0 aliphatic carbocycles. The summed E-state index contributed by atoms with van der Waals surface area (Å²) in [5.74, 6) is -0.193. The van der Waals surface area contributed by atoms with Crippen molar-refractivity contribution in [3.8, 4) is 5.69 Å². The average Bonchev–Trinajstić information content (AvgIpc) is 3.22. The molecule has 1 amide bonds. The van der Waals surface area contributed by atoms with Crippen LogP contribution in [0.5, 0.6) is 0 Å². The topological polar surface area (TPSA) is 90.2 Å². The van der Waals surface area contributed by atoms with Gasteiger partial charge in [0.05, 0.1) is 5.69 Å². The zero-order valence-electron chi connectivity index (χ0n) is 12.7. The van der Waals surface area contributed by atoms with Gasteiger partial charge in [-0.1, -0.05) is 6.92 Å². The van der Waals surface area contributed by atoms with Crippen LogP contribution in [-0.4, -0.2) is 56.7 Å². The molecule has 1 fully saturated rings. The summed E-state index contributed by atoms with van der Waals surface area (Å²) in [4.78, 5) is 26.5. The second-order valence-electron chi connectivity index (χ2n) is 5.55. The summed E-state index contributed by atoms with van der Waals surface area (Å²) in [5.41, 5.74) is 0.545. The van der Waals surface area contributed by atoms with E-state index in [2.05, 4.69) is 22.4 Å². The molecule has 8 nitrogen and oxygen atoms in total. The van der Waals surface area contributed by atoms with E-state index in [4.69, 9.17) is 4.74 Å². The molecule has 0 saturated carbocycles. The lowest BCUT2D eigenvalue weighted by Crippen LogP contribution is -2.41. The summed E-state index contributed by atoms with van der Waals surface area (Å²) in [7, 11) is 0. The Kier molecular flexibility index (Phi) is 4.65. The Morgan fingerprint density at radius 3 is 3.09 bits per heavy atom. The van der Waals surface area contributed by atoms with Crippen molar-refractivity contribution in [3.63, 3.8) is 0 Å². The smallest absolute Gasteiger partial charge is 0.351 e. The maximum absolute atomic E-state index is 12.2. The monoisotopic (exact) mass is 335 g/mol. The number of tetrazole rings is 1. The number of ether oxygens (including phenoxy) is 1. The molecule has 23 heavy (non-hydrogen) atoms. The minimum atomic E-state index is -0.538. The van der Waals surface area contributed by atoms with Crippen LogP contribution in [0.4, 0.5) is 0 Å². The van der Waals surface area contributed by atoms with Crippen LogP contribution in [0.3, 0.4) is 0 Å². The average molecular weight is 335 g/mol. The van der Waals surface area contributed by atoms with Crippen molar-refractivity contribution in [1.29, 1.82) is 0 Å². The molecular formula is C14H17N5O3S. The number of esters is 1. The molecule has 1 saturated heterocycles. The Morgan fingerprint density at radius 1 is 1.48 bits per heavy atom. The molecule has 0 aromatic carbocycles. The first-order valence-corrected chi connectivity index (χ1v) is 8.29. The highest BCUT2D eigenvalue weighted by Gasteiger charge is 2.23. The highest BCUT2D eigenvalue weighted by atomic mass is 32.1. The first-order valence-electron chi connectivity index (χ1n) is 7.41. The van der Waals surface area contributed by atoms with E-state index in [1.54, 1.807) is 16.3 Å². The van der Waals surface area contributed by atoms with E-state index >= 15 is 0 Å². The number of hydrogen-bond donors (Lipinski definition) is 0. The molecule has 0 radical (unpaired) electrons. The second-order valence-corrected chi connectivity index (χ2v) is 6.47. The van der Waals surface area contributed by atoms with Gasteiger partial charge in [-0.2, -0.15) is 4.68 Å². The highest BCUT2D eigenvalue weighted by molar-refractivity contribution is 7.12. The Labute approximate surface area is 137 Å². The van der Waals surface area contributed by atoms with E-state index in [0.717, 1.165) is 25.9 Å². The largest absolute Gasteiger partial charge is 0.451 e. The van der Waals surface area contributed by atoms with Crippen LogP contribution < -0.4 is 0 Å². The third-order valence-electron chi connectivity index (χ3n) is 3.76. The molecule has 0 spiro atoms. The number of carbonyl (C=O) groups excluding carboxylic acids is 2. The van der Waals surface area contributed by atoms with Gasteiger partial charge < -0.3 is 9.64 Å². The van der Waals surface area contributed by atoms with Crippen LogP contribution in [0.1, 0.15) is 29.4 Å². The van der Waals surface area contributed by atoms with E-state index in [1.165, 1.54) is 22.3 Å². The van der Waals surface area contributed by atoms with Crippen molar-refractivity contribution < 1.29 is 14.3 Å². The summed E-state index contributed by atoms with van der Waals surface area (Å²) in [5, 5.41) is 12.6. The van der Waals surface area contributed by atoms with Crippen LogP contribution in [0.15, 0.2) is 17.8 Å². The quantitative estimate of drug-likeness (QED) is 0.778. The van der Waals surface area contributed by atoms with Crippen LogP contribution in [0, 0.1) is 5.92 Å². The Hall–Kier alpha value is -2.29. The lowest BCUT2D eigenvalue weighted by molar-refractivity contribution is -0.136. The van der Waals surface area contributed by atoms with Gasteiger partial charge >= 0.3 is 5.97 Å². The highest BCUT2D eigenvalue weighted by Crippen LogP contribution is 2.21. The zero-order valence-corrected chi connectivity index (χ0v) is 13.5. The van der Waals surface area contributed by atoms with Gasteiger partial charge in [-0.3, -0.25) is 4.79 Å². The van der Waals surface area contributed by atoms with E-state index in [9.17, 15) is 9.59 Å². The molecule has 1 unspecified atom stereocenters. The van der Waals surface area contributed by atoms with Crippen LogP contribution in [-0.2, 0) is 9.53 Å². The predicted octanol–water partition coefficient (Wildman–Crippen LogP) is 1.14. The van der Waals surface area contributed by atoms with Gasteiger partial charge in [0.1, 0.15) is 11.2 Å². The molecule has 1 aliphatic rings. The fourth-order valence-electron chi connectivity index (χ4n) is 2.61.